The van der Waals surface area contributed by atoms with E-state index in [-0.39, 0.29) is 17.9 Å². The molecule has 0 aliphatic heterocycles. The zero-order valence-corrected chi connectivity index (χ0v) is 17.5. The summed E-state index contributed by atoms with van der Waals surface area (Å²) < 4.78 is 2.04. The molecule has 0 saturated heterocycles. The van der Waals surface area contributed by atoms with Crippen molar-refractivity contribution < 1.29 is 4.79 Å². The summed E-state index contributed by atoms with van der Waals surface area (Å²) in [6, 6.07) is 18.3. The number of nitrogens with one attached hydrogen (secondary N) is 1. The average Bonchev–Trinajstić information content (AvgIpc) is 3.11. The summed E-state index contributed by atoms with van der Waals surface area (Å²) in [5, 5.41) is 12.7. The Kier molecular flexibility index (Phi) is 6.52. The molecule has 0 unspecified atom stereocenters. The minimum atomic E-state index is -0.241. The van der Waals surface area contributed by atoms with E-state index in [2.05, 4.69) is 58.8 Å². The lowest BCUT2D eigenvalue weighted by Crippen LogP contribution is -2.31. The Labute approximate surface area is 170 Å². The van der Waals surface area contributed by atoms with Crippen molar-refractivity contribution in [2.75, 3.05) is 0 Å². The molecule has 0 fully saturated rings. The summed E-state index contributed by atoms with van der Waals surface area (Å²) in [4.78, 5) is 12.2. The third-order valence-corrected chi connectivity index (χ3v) is 5.43. The topological polar surface area (TPSA) is 59.8 Å². The SMILES string of the molecule is Cc1ccc(-n2c(SCc3ccccc3)nnc2[C@@H](C)NC(=O)C(C)C)cc1. The van der Waals surface area contributed by atoms with E-state index >= 15 is 0 Å². The Hall–Kier alpha value is -2.60. The van der Waals surface area contributed by atoms with Crippen LogP contribution in [0.15, 0.2) is 59.8 Å². The molecule has 6 heteroatoms. The maximum Gasteiger partial charge on any atom is 0.223 e. The molecule has 1 heterocycles. The van der Waals surface area contributed by atoms with Crippen LogP contribution in [0.25, 0.3) is 5.69 Å². The zero-order valence-electron chi connectivity index (χ0n) is 16.7. The third-order valence-electron chi connectivity index (χ3n) is 4.43. The molecule has 0 aliphatic carbocycles. The molecule has 3 rings (SSSR count). The molecule has 2 aromatic carbocycles. The van der Waals surface area contributed by atoms with Gasteiger partial charge in [0.1, 0.15) is 0 Å². The molecule has 5 nitrogen and oxygen atoms in total. The molecule has 0 radical (unpaired) electrons. The van der Waals surface area contributed by atoms with Crippen LogP contribution in [-0.4, -0.2) is 20.7 Å². The fourth-order valence-electron chi connectivity index (χ4n) is 2.76. The number of benzene rings is 2. The Morgan fingerprint density at radius 1 is 1.04 bits per heavy atom. The Morgan fingerprint density at radius 3 is 2.36 bits per heavy atom. The number of hydrogen-bond donors (Lipinski definition) is 1. The van der Waals surface area contributed by atoms with E-state index in [0.29, 0.717) is 0 Å². The number of aryl methyl sites for hydroxylation is 1. The maximum absolute atomic E-state index is 12.2. The smallest absolute Gasteiger partial charge is 0.223 e. The highest BCUT2D eigenvalue weighted by Crippen LogP contribution is 2.27. The van der Waals surface area contributed by atoms with Crippen LogP contribution in [-0.2, 0) is 10.5 Å². The van der Waals surface area contributed by atoms with Gasteiger partial charge in [-0.2, -0.15) is 0 Å². The summed E-state index contributed by atoms with van der Waals surface area (Å²) in [6.07, 6.45) is 0. The quantitative estimate of drug-likeness (QED) is 0.590. The zero-order chi connectivity index (χ0) is 20.1. The van der Waals surface area contributed by atoms with Crippen molar-refractivity contribution in [3.8, 4) is 5.69 Å². The van der Waals surface area contributed by atoms with Gasteiger partial charge in [0.25, 0.3) is 0 Å². The fraction of sp³-hybridized carbons (Fsp3) is 0.318. The van der Waals surface area contributed by atoms with Crippen molar-refractivity contribution in [1.29, 1.82) is 0 Å². The number of rotatable bonds is 7. The molecule has 0 saturated carbocycles. The van der Waals surface area contributed by atoms with E-state index in [4.69, 9.17) is 0 Å². The average molecular weight is 395 g/mol. The summed E-state index contributed by atoms with van der Waals surface area (Å²) in [6.45, 7) is 7.77. The molecule has 0 bridgehead atoms. The van der Waals surface area contributed by atoms with E-state index in [1.165, 1.54) is 11.1 Å². The molecule has 146 valence electrons. The van der Waals surface area contributed by atoms with Gasteiger partial charge >= 0.3 is 0 Å². The summed E-state index contributed by atoms with van der Waals surface area (Å²) in [7, 11) is 0. The number of carbonyl (C=O) groups is 1. The Morgan fingerprint density at radius 2 is 1.71 bits per heavy atom. The van der Waals surface area contributed by atoms with Crippen LogP contribution in [0.3, 0.4) is 0 Å². The predicted molar refractivity (Wildman–Crippen MR) is 113 cm³/mol. The van der Waals surface area contributed by atoms with Crippen LogP contribution in [0.2, 0.25) is 0 Å². The van der Waals surface area contributed by atoms with Gasteiger partial charge < -0.3 is 5.32 Å². The molecule has 1 amide bonds. The van der Waals surface area contributed by atoms with E-state index in [1.54, 1.807) is 11.8 Å². The van der Waals surface area contributed by atoms with Gasteiger partial charge in [-0.3, -0.25) is 9.36 Å². The van der Waals surface area contributed by atoms with Gasteiger partial charge in [0.15, 0.2) is 11.0 Å². The Bertz CT molecular complexity index is 919. The highest BCUT2D eigenvalue weighted by molar-refractivity contribution is 7.98. The summed E-state index contributed by atoms with van der Waals surface area (Å²) in [5.74, 6) is 1.46. The van der Waals surface area contributed by atoms with Crippen LogP contribution in [0, 0.1) is 12.8 Å². The number of thioether (sulfide) groups is 1. The monoisotopic (exact) mass is 394 g/mol. The minimum Gasteiger partial charge on any atom is -0.346 e. The van der Waals surface area contributed by atoms with Gasteiger partial charge in [0.05, 0.1) is 6.04 Å². The van der Waals surface area contributed by atoms with E-state index in [1.807, 2.05) is 43.5 Å². The molecular weight excluding hydrogens is 368 g/mol. The Balaban J connectivity index is 1.92. The van der Waals surface area contributed by atoms with E-state index in [9.17, 15) is 4.79 Å². The first-order chi connectivity index (χ1) is 13.5. The fourth-order valence-corrected chi connectivity index (χ4v) is 3.67. The van der Waals surface area contributed by atoms with Crippen LogP contribution < -0.4 is 5.32 Å². The lowest BCUT2D eigenvalue weighted by Gasteiger charge is -2.17. The highest BCUT2D eigenvalue weighted by atomic mass is 32.2. The maximum atomic E-state index is 12.2. The van der Waals surface area contributed by atoms with Crippen molar-refractivity contribution in [3.05, 3.63) is 71.5 Å². The van der Waals surface area contributed by atoms with Gasteiger partial charge in [0, 0.05) is 17.4 Å². The van der Waals surface area contributed by atoms with Crippen LogP contribution in [0.4, 0.5) is 0 Å². The first-order valence-electron chi connectivity index (χ1n) is 9.45. The van der Waals surface area contributed by atoms with Crippen LogP contribution in [0.5, 0.6) is 0 Å². The van der Waals surface area contributed by atoms with Crippen molar-refractivity contribution in [2.45, 2.75) is 44.6 Å². The van der Waals surface area contributed by atoms with Crippen molar-refractivity contribution >= 4 is 17.7 Å². The van der Waals surface area contributed by atoms with Crippen molar-refractivity contribution in [3.63, 3.8) is 0 Å². The van der Waals surface area contributed by atoms with Gasteiger partial charge in [-0.1, -0.05) is 73.6 Å². The first kappa shape index (κ1) is 20.1. The molecule has 1 N–H and O–H groups in total. The second-order valence-electron chi connectivity index (χ2n) is 7.17. The summed E-state index contributed by atoms with van der Waals surface area (Å²) in [5.41, 5.74) is 3.42. The molecule has 0 spiro atoms. The molecule has 1 aromatic heterocycles. The normalized spacial score (nSPS) is 12.2. The number of amides is 1. The number of aromatic nitrogens is 3. The minimum absolute atomic E-state index is 0.00412. The molecule has 0 aliphatic rings. The van der Waals surface area contributed by atoms with Gasteiger partial charge in [-0.25, -0.2) is 0 Å². The summed E-state index contributed by atoms with van der Waals surface area (Å²) >= 11 is 1.64. The van der Waals surface area contributed by atoms with Crippen molar-refractivity contribution in [2.24, 2.45) is 5.92 Å². The first-order valence-corrected chi connectivity index (χ1v) is 10.4. The van der Waals surface area contributed by atoms with Gasteiger partial charge in [-0.05, 0) is 31.5 Å². The molecule has 3 aromatic rings. The second-order valence-corrected chi connectivity index (χ2v) is 8.11. The predicted octanol–water partition coefficient (Wildman–Crippen LogP) is 4.70. The third kappa shape index (κ3) is 4.81. The molecule has 28 heavy (non-hydrogen) atoms. The highest BCUT2D eigenvalue weighted by Gasteiger charge is 2.21. The number of carbonyl (C=O) groups excluding carboxylic acids is 1. The lowest BCUT2D eigenvalue weighted by molar-refractivity contribution is -0.124. The second kappa shape index (κ2) is 9.06. The van der Waals surface area contributed by atoms with E-state index in [0.717, 1.165) is 22.4 Å². The standard InChI is InChI=1S/C22H26N4OS/c1-15(2)21(27)23-17(4)20-24-25-22(28-14-18-8-6-5-7-9-18)26(20)19-12-10-16(3)11-13-19/h5-13,15,17H,14H2,1-4H3,(H,23,27)/t17-/m1/s1. The van der Waals surface area contributed by atoms with Crippen LogP contribution >= 0.6 is 11.8 Å². The van der Waals surface area contributed by atoms with Crippen molar-refractivity contribution in [1.82, 2.24) is 20.1 Å². The molecule has 1 atom stereocenters. The lowest BCUT2D eigenvalue weighted by atomic mass is 10.2. The molecular formula is C22H26N4OS. The largest absolute Gasteiger partial charge is 0.346 e. The van der Waals surface area contributed by atoms with Gasteiger partial charge in [0.2, 0.25) is 5.91 Å². The van der Waals surface area contributed by atoms with Crippen LogP contribution in [0.1, 0.15) is 43.8 Å². The number of nitrogens with zero attached hydrogens (tertiary/aromatic N) is 3. The van der Waals surface area contributed by atoms with E-state index < -0.39 is 0 Å². The number of hydrogen-bond acceptors (Lipinski definition) is 4. The van der Waals surface area contributed by atoms with Gasteiger partial charge in [-0.15, -0.1) is 10.2 Å².